The van der Waals surface area contributed by atoms with E-state index in [4.69, 9.17) is 0 Å². The summed E-state index contributed by atoms with van der Waals surface area (Å²) in [6, 6.07) is 69.0. The van der Waals surface area contributed by atoms with Crippen LogP contribution in [0.4, 0.5) is 0 Å². The average Bonchev–Trinajstić information content (AvgIpc) is 3.07. The van der Waals surface area contributed by atoms with Gasteiger partial charge in [-0.2, -0.15) is 0 Å². The highest BCUT2D eigenvalue weighted by Crippen LogP contribution is 3.01. The van der Waals surface area contributed by atoms with Gasteiger partial charge in [-0.3, -0.25) is 0 Å². The number of benzene rings is 6. The van der Waals surface area contributed by atoms with Gasteiger partial charge in [0.1, 0.15) is 31.8 Å². The fourth-order valence-corrected chi connectivity index (χ4v) is 36.2. The molecule has 3 heteroatoms. The number of hydrogen-bond acceptors (Lipinski definition) is 0. The zero-order valence-electron chi connectivity index (χ0n) is 24.2. The monoisotopic (exact) mass is 598 g/mol. The lowest BCUT2D eigenvalue weighted by molar-refractivity contribution is 1.11. The van der Waals surface area contributed by atoms with Crippen molar-refractivity contribution in [1.29, 1.82) is 0 Å². The second kappa shape index (κ2) is 12.9. The Hall–Kier alpha value is -3.39. The maximum absolute atomic E-state index is 2.50. The molecule has 0 aliphatic carbocycles. The van der Waals surface area contributed by atoms with Crippen LogP contribution in [0.2, 0.25) is 0 Å². The molecule has 6 rings (SSSR count). The third kappa shape index (κ3) is 4.97. The zero-order valence-corrected chi connectivity index (χ0v) is 26.9. The largest absolute Gasteiger partial charge is 0.243 e. The smallest absolute Gasteiger partial charge is 0.0620 e. The normalized spacial score (nSPS) is 12.0. The first-order valence-electron chi connectivity index (χ1n) is 14.6. The maximum atomic E-state index is 2.50. The minimum Gasteiger partial charge on any atom is -0.0620 e. The lowest BCUT2D eigenvalue weighted by atomic mass is 10.4. The van der Waals surface area contributed by atoms with Gasteiger partial charge >= 0.3 is 0 Å². The van der Waals surface area contributed by atoms with Crippen LogP contribution in [0.5, 0.6) is 0 Å². The SMILES string of the molecule is CC(C)P([P+](c1ccccc1)(c1ccccc1)c1ccccc1)[P+](c1ccccc1)(c1ccccc1)c1ccccc1. The second-order valence-electron chi connectivity index (χ2n) is 10.7. The average molecular weight is 599 g/mol. The Labute approximate surface area is 253 Å². The van der Waals surface area contributed by atoms with Gasteiger partial charge in [0.15, 0.2) is 13.9 Å². The van der Waals surface area contributed by atoms with Gasteiger partial charge in [0.2, 0.25) is 7.30 Å². The van der Waals surface area contributed by atoms with Crippen molar-refractivity contribution in [3.05, 3.63) is 182 Å². The van der Waals surface area contributed by atoms with E-state index in [1.54, 1.807) is 0 Å². The van der Waals surface area contributed by atoms with E-state index in [0.29, 0.717) is 5.66 Å². The maximum Gasteiger partial charge on any atom is 0.243 e. The molecule has 0 aromatic heterocycles. The highest BCUT2D eigenvalue weighted by Gasteiger charge is 2.70. The first-order valence-corrected chi connectivity index (χ1v) is 21.0. The van der Waals surface area contributed by atoms with Crippen molar-refractivity contribution in [2.45, 2.75) is 19.5 Å². The Morgan fingerprint density at radius 2 is 0.476 bits per heavy atom. The molecule has 0 atom stereocenters. The molecule has 0 aliphatic heterocycles. The van der Waals surface area contributed by atoms with Crippen LogP contribution in [0.25, 0.3) is 0 Å². The van der Waals surface area contributed by atoms with Crippen molar-refractivity contribution in [2.24, 2.45) is 0 Å². The Morgan fingerprint density at radius 1 is 0.310 bits per heavy atom. The molecule has 0 aliphatic rings. The fourth-order valence-electron chi connectivity index (χ4n) is 6.36. The van der Waals surface area contributed by atoms with Gasteiger partial charge in [0, 0.05) is 5.66 Å². The van der Waals surface area contributed by atoms with Crippen LogP contribution in [-0.4, -0.2) is 5.66 Å². The molecule has 206 valence electrons. The molecule has 0 spiro atoms. The van der Waals surface area contributed by atoms with Gasteiger partial charge in [-0.1, -0.05) is 123 Å². The molecule has 0 fully saturated rings. The van der Waals surface area contributed by atoms with Gasteiger partial charge in [-0.05, 0) is 72.8 Å². The summed E-state index contributed by atoms with van der Waals surface area (Å²) < 4.78 is 0. The quantitative estimate of drug-likeness (QED) is 0.146. The van der Waals surface area contributed by atoms with E-state index in [-0.39, 0.29) is 0 Å². The lowest BCUT2D eigenvalue weighted by Crippen LogP contribution is -2.38. The summed E-state index contributed by atoms with van der Waals surface area (Å²) >= 11 is 0. The van der Waals surface area contributed by atoms with E-state index in [9.17, 15) is 0 Å². The van der Waals surface area contributed by atoms with Crippen LogP contribution in [-0.2, 0) is 0 Å². The third-order valence-corrected chi connectivity index (χ3v) is 31.7. The van der Waals surface area contributed by atoms with Crippen LogP contribution >= 0.6 is 21.2 Å². The Balaban J connectivity index is 1.87. The van der Waals surface area contributed by atoms with Crippen molar-refractivity contribution in [1.82, 2.24) is 0 Å². The molecule has 42 heavy (non-hydrogen) atoms. The summed E-state index contributed by atoms with van der Waals surface area (Å²) in [6.45, 7) is 0.551. The summed E-state index contributed by atoms with van der Waals surface area (Å²) in [5, 5.41) is 8.80. The van der Waals surface area contributed by atoms with Crippen LogP contribution in [0, 0.1) is 0 Å². The molecule has 0 nitrogen and oxygen atoms in total. The molecule has 0 unspecified atom stereocenters. The van der Waals surface area contributed by atoms with Crippen LogP contribution < -0.4 is 31.8 Å². The van der Waals surface area contributed by atoms with Crippen molar-refractivity contribution in [2.75, 3.05) is 0 Å². The first-order chi connectivity index (χ1) is 20.7. The van der Waals surface area contributed by atoms with E-state index in [1.807, 2.05) is 0 Å². The summed E-state index contributed by atoms with van der Waals surface area (Å²) in [6.07, 6.45) is 0. The molecule has 0 bridgehead atoms. The summed E-state index contributed by atoms with van der Waals surface area (Å²) in [5.41, 5.74) is 0.433. The highest BCUT2D eigenvalue weighted by atomic mass is 32.5. The number of rotatable bonds is 9. The molecular formula is C39H37P3+2. The molecule has 6 aromatic rings. The highest BCUT2D eigenvalue weighted by molar-refractivity contribution is 8.78. The minimum absolute atomic E-state index is 0.433. The Morgan fingerprint density at radius 3 is 0.619 bits per heavy atom. The molecular weight excluding hydrogens is 561 g/mol. The topological polar surface area (TPSA) is 0 Å². The molecule has 6 aromatic carbocycles. The summed E-state index contributed by atoms with van der Waals surface area (Å²) in [4.78, 5) is 0. The van der Waals surface area contributed by atoms with Gasteiger partial charge < -0.3 is 0 Å². The van der Waals surface area contributed by atoms with E-state index in [1.165, 1.54) is 31.8 Å². The van der Waals surface area contributed by atoms with Gasteiger partial charge in [-0.25, -0.2) is 0 Å². The van der Waals surface area contributed by atoms with Crippen molar-refractivity contribution in [3.8, 4) is 0 Å². The van der Waals surface area contributed by atoms with Gasteiger partial charge in [-0.15, -0.1) is 0 Å². The van der Waals surface area contributed by atoms with Gasteiger partial charge in [0.05, 0.1) is 0 Å². The Bertz CT molecular complexity index is 1350. The van der Waals surface area contributed by atoms with E-state index >= 15 is 0 Å². The summed E-state index contributed by atoms with van der Waals surface area (Å²) in [7, 11) is -0.751. The standard InChI is InChI=1S/C39H37P3/c1-33(2)40(41(34-21-9-3-10-22-34,35-23-11-4-12-24-35)36-25-13-5-14-26-36)42(37-27-15-6-16-28-37,38-29-17-7-18-30-38)39-31-19-8-20-32-39/h3-33H,1-2H3/q+2. The second-order valence-corrected chi connectivity index (χ2v) is 25.1. The van der Waals surface area contributed by atoms with Gasteiger partial charge in [0.25, 0.3) is 0 Å². The molecule has 0 amide bonds. The number of hydrogen-bond donors (Lipinski definition) is 0. The molecule has 0 N–H and O–H groups in total. The predicted molar refractivity (Wildman–Crippen MR) is 192 cm³/mol. The van der Waals surface area contributed by atoms with Crippen LogP contribution in [0.3, 0.4) is 0 Å². The van der Waals surface area contributed by atoms with Crippen molar-refractivity contribution < 1.29 is 0 Å². The molecule has 0 heterocycles. The lowest BCUT2D eigenvalue weighted by Gasteiger charge is -2.41. The molecule has 0 saturated carbocycles. The molecule has 0 radical (unpaired) electrons. The summed E-state index contributed by atoms with van der Waals surface area (Å²) in [5.74, 6) is 0. The fraction of sp³-hybridized carbons (Fsp3) is 0.0769. The van der Waals surface area contributed by atoms with Crippen LogP contribution in [0.1, 0.15) is 13.8 Å². The van der Waals surface area contributed by atoms with Crippen molar-refractivity contribution >= 4 is 53.0 Å². The zero-order chi connectivity index (χ0) is 28.8. The van der Waals surface area contributed by atoms with E-state index < -0.39 is 21.2 Å². The molecule has 0 saturated heterocycles. The Kier molecular flexibility index (Phi) is 8.79. The van der Waals surface area contributed by atoms with Crippen molar-refractivity contribution in [3.63, 3.8) is 0 Å². The van der Waals surface area contributed by atoms with E-state index in [0.717, 1.165) is 0 Å². The van der Waals surface area contributed by atoms with Crippen LogP contribution in [0.15, 0.2) is 182 Å². The third-order valence-electron chi connectivity index (χ3n) is 7.86. The predicted octanol–water partition coefficient (Wildman–Crippen LogP) is 8.69. The minimum atomic E-state index is -2.22. The van der Waals surface area contributed by atoms with E-state index in [2.05, 4.69) is 196 Å². The first kappa shape index (κ1) is 28.7.